The van der Waals surface area contributed by atoms with Gasteiger partial charge in [0.15, 0.2) is 0 Å². The van der Waals surface area contributed by atoms with E-state index in [9.17, 15) is 8.42 Å². The van der Waals surface area contributed by atoms with Gasteiger partial charge in [0.1, 0.15) is 0 Å². The minimum Gasteiger partial charge on any atom is -0.207 e. The highest BCUT2D eigenvalue weighted by Gasteiger charge is 2.18. The second-order valence-electron chi connectivity index (χ2n) is 3.81. The number of halogens is 1. The molecular weight excluding hydrogens is 290 g/mol. The molecule has 0 fully saturated rings. The largest absolute Gasteiger partial charge is 0.241 e. The van der Waals surface area contributed by atoms with Crippen LogP contribution in [-0.4, -0.2) is 8.42 Å². The predicted molar refractivity (Wildman–Crippen MR) is 74.5 cm³/mol. The highest BCUT2D eigenvalue weighted by Crippen LogP contribution is 2.21. The topological polar surface area (TPSA) is 46.2 Å². The molecule has 1 N–H and O–H groups in total. The van der Waals surface area contributed by atoms with E-state index in [4.69, 9.17) is 11.6 Å². The molecule has 1 aromatic heterocycles. The van der Waals surface area contributed by atoms with Crippen molar-refractivity contribution in [2.24, 2.45) is 0 Å². The van der Waals surface area contributed by atoms with Crippen LogP contribution in [0.25, 0.3) is 0 Å². The Labute approximate surface area is 115 Å². The van der Waals surface area contributed by atoms with E-state index in [2.05, 4.69) is 4.72 Å². The van der Waals surface area contributed by atoms with Gasteiger partial charge in [-0.3, -0.25) is 0 Å². The highest BCUT2D eigenvalue weighted by atomic mass is 35.5. The molecule has 0 aliphatic carbocycles. The Kier molecular flexibility index (Phi) is 4.07. The molecule has 0 bridgehead atoms. The van der Waals surface area contributed by atoms with Gasteiger partial charge in [0.2, 0.25) is 10.0 Å². The van der Waals surface area contributed by atoms with E-state index in [1.807, 2.05) is 24.4 Å². The zero-order chi connectivity index (χ0) is 13.2. The third-order valence-electron chi connectivity index (χ3n) is 2.43. The van der Waals surface area contributed by atoms with Gasteiger partial charge in [-0.1, -0.05) is 17.7 Å². The van der Waals surface area contributed by atoms with Crippen molar-refractivity contribution >= 4 is 33.0 Å². The van der Waals surface area contributed by atoms with Crippen LogP contribution in [-0.2, 0) is 10.0 Å². The minimum absolute atomic E-state index is 0.218. The third-order valence-corrected chi connectivity index (χ3v) is 5.29. The number of benzene rings is 1. The fourth-order valence-electron chi connectivity index (χ4n) is 1.51. The molecule has 6 heteroatoms. The van der Waals surface area contributed by atoms with Gasteiger partial charge in [-0.2, -0.15) is 0 Å². The molecule has 0 aliphatic rings. The van der Waals surface area contributed by atoms with Crippen molar-refractivity contribution in [3.05, 3.63) is 51.7 Å². The van der Waals surface area contributed by atoms with Crippen LogP contribution in [0.5, 0.6) is 0 Å². The molecule has 2 aromatic rings. The number of sulfonamides is 1. The number of hydrogen-bond donors (Lipinski definition) is 1. The molecule has 96 valence electrons. The summed E-state index contributed by atoms with van der Waals surface area (Å²) in [6, 6.07) is 9.66. The van der Waals surface area contributed by atoms with E-state index in [1.54, 1.807) is 12.1 Å². The summed E-state index contributed by atoms with van der Waals surface area (Å²) in [5, 5.41) is 2.43. The van der Waals surface area contributed by atoms with Gasteiger partial charge >= 0.3 is 0 Å². The van der Waals surface area contributed by atoms with Crippen molar-refractivity contribution in [2.45, 2.75) is 17.9 Å². The third kappa shape index (κ3) is 3.11. The first-order valence-electron chi connectivity index (χ1n) is 5.30. The predicted octanol–water partition coefficient (Wildman–Crippen LogP) is 3.44. The maximum Gasteiger partial charge on any atom is 0.241 e. The van der Waals surface area contributed by atoms with Gasteiger partial charge in [0.25, 0.3) is 0 Å². The Bertz CT molecular complexity index is 606. The lowest BCUT2D eigenvalue weighted by Gasteiger charge is -2.12. The average molecular weight is 302 g/mol. The summed E-state index contributed by atoms with van der Waals surface area (Å²) >= 11 is 7.26. The van der Waals surface area contributed by atoms with Gasteiger partial charge in [0.05, 0.1) is 10.9 Å². The van der Waals surface area contributed by atoms with Crippen LogP contribution in [0.1, 0.15) is 17.8 Å². The van der Waals surface area contributed by atoms with Crippen molar-refractivity contribution < 1.29 is 8.42 Å². The van der Waals surface area contributed by atoms with Crippen LogP contribution < -0.4 is 4.72 Å². The van der Waals surface area contributed by atoms with Crippen molar-refractivity contribution in [1.82, 2.24) is 4.72 Å². The molecule has 0 amide bonds. The van der Waals surface area contributed by atoms with Crippen molar-refractivity contribution in [1.29, 1.82) is 0 Å². The van der Waals surface area contributed by atoms with Crippen molar-refractivity contribution in [3.63, 3.8) is 0 Å². The molecule has 2 rings (SSSR count). The Morgan fingerprint density at radius 3 is 2.44 bits per heavy atom. The lowest BCUT2D eigenvalue weighted by molar-refractivity contribution is 0.568. The summed E-state index contributed by atoms with van der Waals surface area (Å²) in [6.07, 6.45) is 0. The molecule has 18 heavy (non-hydrogen) atoms. The molecule has 0 unspecified atom stereocenters. The Balaban J connectivity index is 2.20. The fraction of sp³-hybridized carbons (Fsp3) is 0.167. The van der Waals surface area contributed by atoms with Gasteiger partial charge in [-0.15, -0.1) is 11.3 Å². The molecule has 1 aromatic carbocycles. The molecule has 0 aliphatic heterocycles. The lowest BCUT2D eigenvalue weighted by atomic mass is 10.3. The lowest BCUT2D eigenvalue weighted by Crippen LogP contribution is -2.26. The number of nitrogens with one attached hydrogen (secondary N) is 1. The van der Waals surface area contributed by atoms with Gasteiger partial charge in [-0.25, -0.2) is 13.1 Å². The zero-order valence-corrected chi connectivity index (χ0v) is 12.0. The number of rotatable bonds is 4. The van der Waals surface area contributed by atoms with Crippen LogP contribution in [0, 0.1) is 0 Å². The highest BCUT2D eigenvalue weighted by molar-refractivity contribution is 7.89. The first kappa shape index (κ1) is 13.5. The Hall–Kier alpha value is -0.880. The van der Waals surface area contributed by atoms with Gasteiger partial charge in [-0.05, 0) is 42.6 Å². The minimum atomic E-state index is -3.50. The van der Waals surface area contributed by atoms with E-state index in [0.29, 0.717) is 5.02 Å². The van der Waals surface area contributed by atoms with Crippen LogP contribution in [0.15, 0.2) is 46.7 Å². The summed E-state index contributed by atoms with van der Waals surface area (Å²) in [4.78, 5) is 1.20. The second kappa shape index (κ2) is 5.40. The molecule has 1 heterocycles. The fourth-order valence-corrected chi connectivity index (χ4v) is 3.67. The van der Waals surface area contributed by atoms with Crippen LogP contribution in [0.4, 0.5) is 0 Å². The summed E-state index contributed by atoms with van der Waals surface area (Å²) in [7, 11) is -3.50. The smallest absolute Gasteiger partial charge is 0.207 e. The molecule has 0 saturated heterocycles. The van der Waals surface area contributed by atoms with E-state index in [-0.39, 0.29) is 10.9 Å². The number of hydrogen-bond acceptors (Lipinski definition) is 3. The molecule has 0 radical (unpaired) electrons. The molecule has 1 atom stereocenters. The first-order chi connectivity index (χ1) is 8.49. The van der Waals surface area contributed by atoms with E-state index in [1.165, 1.54) is 23.5 Å². The normalized spacial score (nSPS) is 13.4. The maximum absolute atomic E-state index is 12.1. The summed E-state index contributed by atoms with van der Waals surface area (Å²) < 4.78 is 26.8. The molecular formula is C12H12ClNO2S2. The summed E-state index contributed by atoms with van der Waals surface area (Å²) in [6.45, 7) is 1.82. The monoisotopic (exact) mass is 301 g/mol. The number of thiophene rings is 1. The van der Waals surface area contributed by atoms with Crippen LogP contribution in [0.3, 0.4) is 0 Å². The van der Waals surface area contributed by atoms with Crippen LogP contribution >= 0.6 is 22.9 Å². The maximum atomic E-state index is 12.1. The van der Waals surface area contributed by atoms with Crippen LogP contribution in [0.2, 0.25) is 5.02 Å². The molecule has 0 spiro atoms. The standard InChI is InChI=1S/C12H12ClNO2S2/c1-9(12-3-2-8-17-12)14-18(15,16)11-6-4-10(13)5-7-11/h2-9,14H,1H3/t9-/m1/s1. The average Bonchev–Trinajstić information content (AvgIpc) is 2.82. The second-order valence-corrected chi connectivity index (χ2v) is 6.94. The van der Waals surface area contributed by atoms with Gasteiger partial charge < -0.3 is 0 Å². The van der Waals surface area contributed by atoms with Gasteiger partial charge in [0, 0.05) is 9.90 Å². The summed E-state index contributed by atoms with van der Waals surface area (Å²) in [5.41, 5.74) is 0. The quantitative estimate of drug-likeness (QED) is 0.940. The Morgan fingerprint density at radius 2 is 1.89 bits per heavy atom. The zero-order valence-electron chi connectivity index (χ0n) is 9.63. The van der Waals surface area contributed by atoms with Crippen molar-refractivity contribution in [2.75, 3.05) is 0 Å². The van der Waals surface area contributed by atoms with Crippen molar-refractivity contribution in [3.8, 4) is 0 Å². The Morgan fingerprint density at radius 1 is 1.22 bits per heavy atom. The van der Waals surface area contributed by atoms with E-state index >= 15 is 0 Å². The van der Waals surface area contributed by atoms with E-state index in [0.717, 1.165) is 4.88 Å². The first-order valence-corrected chi connectivity index (χ1v) is 8.04. The summed E-state index contributed by atoms with van der Waals surface area (Å²) in [5.74, 6) is 0. The van der Waals surface area contributed by atoms with E-state index < -0.39 is 10.0 Å². The molecule has 0 saturated carbocycles. The SMILES string of the molecule is C[C@@H](NS(=O)(=O)c1ccc(Cl)cc1)c1cccs1. The molecule has 3 nitrogen and oxygen atoms in total.